The lowest BCUT2D eigenvalue weighted by molar-refractivity contribution is 0.0694. The van der Waals surface area contributed by atoms with Crippen LogP contribution in [0.25, 0.3) is 10.9 Å². The molecule has 5 rings (SSSR count). The second-order valence-electron chi connectivity index (χ2n) is 8.42. The normalized spacial score (nSPS) is 18.0. The lowest BCUT2D eigenvalue weighted by atomic mass is 10.1. The Bertz CT molecular complexity index is 1270. The molecule has 1 aliphatic carbocycles. The van der Waals surface area contributed by atoms with E-state index in [2.05, 4.69) is 4.98 Å². The van der Waals surface area contributed by atoms with E-state index in [9.17, 15) is 14.7 Å². The molecule has 1 N–H and O–H groups in total. The van der Waals surface area contributed by atoms with E-state index in [1.165, 1.54) is 13.3 Å². The van der Waals surface area contributed by atoms with Crippen LogP contribution in [0, 0.1) is 5.82 Å². The first-order valence-electron chi connectivity index (χ1n) is 11.0. The van der Waals surface area contributed by atoms with Gasteiger partial charge in [0.1, 0.15) is 17.9 Å². The van der Waals surface area contributed by atoms with Crippen molar-refractivity contribution < 1.29 is 23.8 Å². The molecule has 2 aliphatic rings. The number of fused-ring (bicyclic) bond motifs is 1. The number of aromatic nitrogens is 2. The SMILES string of the molecule is COc1c(N2CCCC2COc2ccccn2)c(F)cc2c(=O)c(C(=O)O)cn(C3CC3)c12. The van der Waals surface area contributed by atoms with Gasteiger partial charge in [-0.05, 0) is 37.8 Å². The largest absolute Gasteiger partial charge is 0.492 e. The minimum absolute atomic E-state index is 0.0142. The van der Waals surface area contributed by atoms with Gasteiger partial charge in [0.15, 0.2) is 11.6 Å². The number of pyridine rings is 2. The van der Waals surface area contributed by atoms with E-state index in [0.29, 0.717) is 24.5 Å². The summed E-state index contributed by atoms with van der Waals surface area (Å²) in [4.78, 5) is 30.6. The molecule has 8 nitrogen and oxygen atoms in total. The quantitative estimate of drug-likeness (QED) is 0.584. The number of hydrogen-bond donors (Lipinski definition) is 1. The summed E-state index contributed by atoms with van der Waals surface area (Å²) in [5.41, 5.74) is -0.377. The molecule has 3 heterocycles. The Balaban J connectivity index is 1.61. The summed E-state index contributed by atoms with van der Waals surface area (Å²) in [6.45, 7) is 0.931. The summed E-state index contributed by atoms with van der Waals surface area (Å²) in [5.74, 6) is -1.20. The van der Waals surface area contributed by atoms with Crippen LogP contribution in [0.4, 0.5) is 10.1 Å². The fraction of sp³-hybridized carbons (Fsp3) is 0.375. The maximum Gasteiger partial charge on any atom is 0.341 e. The molecule has 0 bridgehead atoms. The summed E-state index contributed by atoms with van der Waals surface area (Å²) < 4.78 is 28.8. The van der Waals surface area contributed by atoms with Crippen LogP contribution in [-0.4, -0.2) is 46.9 Å². The molecule has 0 radical (unpaired) electrons. The number of halogens is 1. The number of carboxylic acids is 1. The highest BCUT2D eigenvalue weighted by molar-refractivity contribution is 5.97. The van der Waals surface area contributed by atoms with Gasteiger partial charge in [-0.2, -0.15) is 0 Å². The van der Waals surface area contributed by atoms with Gasteiger partial charge in [0.2, 0.25) is 11.3 Å². The minimum atomic E-state index is -1.33. The van der Waals surface area contributed by atoms with Crippen molar-refractivity contribution in [1.82, 2.24) is 9.55 Å². The topological polar surface area (TPSA) is 93.9 Å². The van der Waals surface area contributed by atoms with E-state index in [1.807, 2.05) is 11.0 Å². The molecule has 2 fully saturated rings. The van der Waals surface area contributed by atoms with Crippen molar-refractivity contribution in [1.29, 1.82) is 0 Å². The number of ether oxygens (including phenoxy) is 2. The number of aromatic carboxylic acids is 1. The predicted octanol–water partition coefficient (Wildman–Crippen LogP) is 3.63. The summed E-state index contributed by atoms with van der Waals surface area (Å²) in [6, 6.07) is 6.51. The van der Waals surface area contributed by atoms with Crippen molar-refractivity contribution in [3.8, 4) is 11.6 Å². The molecule has 0 spiro atoms. The monoisotopic (exact) mass is 453 g/mol. The number of hydrogen-bond acceptors (Lipinski definition) is 6. The van der Waals surface area contributed by atoms with Crippen LogP contribution in [0.15, 0.2) is 41.5 Å². The van der Waals surface area contributed by atoms with Crippen molar-refractivity contribution in [3.05, 3.63) is 58.3 Å². The molecule has 1 saturated heterocycles. The molecule has 0 amide bonds. The summed E-state index contributed by atoms with van der Waals surface area (Å²) >= 11 is 0. The first-order valence-corrected chi connectivity index (χ1v) is 11.0. The van der Waals surface area contributed by atoms with Crippen molar-refractivity contribution in [3.63, 3.8) is 0 Å². The standard InChI is InChI=1S/C24H24FN3O5/c1-32-23-20-16(22(29)17(24(30)31)12-28(20)14-7-8-14)11-18(25)21(23)27-10-4-5-15(27)13-33-19-6-2-3-9-26-19/h2-3,6,9,11-12,14-15H,4-5,7-8,10,13H2,1H3,(H,30,31). The van der Waals surface area contributed by atoms with Gasteiger partial charge in [-0.1, -0.05) is 6.07 Å². The zero-order valence-corrected chi connectivity index (χ0v) is 18.2. The van der Waals surface area contributed by atoms with E-state index in [1.54, 1.807) is 22.9 Å². The molecule has 1 aromatic carbocycles. The Morgan fingerprint density at radius 2 is 2.12 bits per heavy atom. The second kappa shape index (κ2) is 8.38. The van der Waals surface area contributed by atoms with Crippen molar-refractivity contribution in [2.24, 2.45) is 0 Å². The zero-order valence-electron chi connectivity index (χ0n) is 18.2. The fourth-order valence-electron chi connectivity index (χ4n) is 4.61. The molecule has 1 aliphatic heterocycles. The minimum Gasteiger partial charge on any atom is -0.492 e. The lowest BCUT2D eigenvalue weighted by Gasteiger charge is -2.29. The van der Waals surface area contributed by atoms with Gasteiger partial charge in [-0.25, -0.2) is 14.2 Å². The number of benzene rings is 1. The van der Waals surface area contributed by atoms with Crippen LogP contribution in [0.5, 0.6) is 11.6 Å². The van der Waals surface area contributed by atoms with Crippen LogP contribution in [0.1, 0.15) is 42.1 Å². The van der Waals surface area contributed by atoms with Crippen molar-refractivity contribution in [2.75, 3.05) is 25.2 Å². The smallest absolute Gasteiger partial charge is 0.341 e. The average molecular weight is 453 g/mol. The molecule has 3 aromatic rings. The summed E-state index contributed by atoms with van der Waals surface area (Å²) in [6.07, 6.45) is 6.39. The van der Waals surface area contributed by atoms with Gasteiger partial charge in [0.25, 0.3) is 0 Å². The Morgan fingerprint density at radius 1 is 1.30 bits per heavy atom. The van der Waals surface area contributed by atoms with Gasteiger partial charge >= 0.3 is 5.97 Å². The molecule has 2 aromatic heterocycles. The van der Waals surface area contributed by atoms with Gasteiger partial charge < -0.3 is 24.0 Å². The fourth-order valence-corrected chi connectivity index (χ4v) is 4.61. The Labute approximate surface area is 189 Å². The molecule has 33 heavy (non-hydrogen) atoms. The predicted molar refractivity (Wildman–Crippen MR) is 120 cm³/mol. The van der Waals surface area contributed by atoms with E-state index >= 15 is 4.39 Å². The molecule has 172 valence electrons. The molecule has 1 saturated carbocycles. The second-order valence-corrected chi connectivity index (χ2v) is 8.42. The highest BCUT2D eigenvalue weighted by Gasteiger charge is 2.34. The number of anilines is 1. The molecular formula is C24H24FN3O5. The first kappa shape index (κ1) is 21.2. The highest BCUT2D eigenvalue weighted by atomic mass is 19.1. The van der Waals surface area contributed by atoms with Crippen LogP contribution in [-0.2, 0) is 0 Å². The highest BCUT2D eigenvalue weighted by Crippen LogP contribution is 2.45. The molecule has 9 heteroatoms. The number of nitrogens with zero attached hydrogens (tertiary/aromatic N) is 3. The third-order valence-corrected chi connectivity index (χ3v) is 6.30. The average Bonchev–Trinajstić information content (AvgIpc) is 3.55. The van der Waals surface area contributed by atoms with E-state index < -0.39 is 17.2 Å². The molecule has 1 atom stereocenters. The first-order chi connectivity index (χ1) is 16.0. The van der Waals surface area contributed by atoms with Crippen LogP contribution in [0.3, 0.4) is 0 Å². The lowest BCUT2D eigenvalue weighted by Crippen LogP contribution is -2.35. The van der Waals surface area contributed by atoms with E-state index in [0.717, 1.165) is 31.7 Å². The number of carboxylic acid groups (broad SMARTS) is 1. The third kappa shape index (κ3) is 3.77. The Kier molecular flexibility index (Phi) is 5.39. The Morgan fingerprint density at radius 3 is 2.79 bits per heavy atom. The van der Waals surface area contributed by atoms with Gasteiger partial charge in [-0.15, -0.1) is 0 Å². The van der Waals surface area contributed by atoms with Crippen molar-refractivity contribution >= 4 is 22.6 Å². The van der Waals surface area contributed by atoms with Gasteiger partial charge in [-0.3, -0.25) is 4.79 Å². The molecule has 1 unspecified atom stereocenters. The third-order valence-electron chi connectivity index (χ3n) is 6.30. The number of methoxy groups -OCH3 is 1. The number of rotatable bonds is 7. The van der Waals surface area contributed by atoms with Gasteiger partial charge in [0.05, 0.1) is 24.1 Å². The van der Waals surface area contributed by atoms with Crippen molar-refractivity contribution in [2.45, 2.75) is 37.8 Å². The van der Waals surface area contributed by atoms with E-state index in [4.69, 9.17) is 9.47 Å². The van der Waals surface area contributed by atoms with Crippen LogP contribution >= 0.6 is 0 Å². The van der Waals surface area contributed by atoms with Crippen LogP contribution < -0.4 is 19.8 Å². The summed E-state index contributed by atoms with van der Waals surface area (Å²) in [7, 11) is 1.44. The maximum absolute atomic E-state index is 15.5. The molecular weight excluding hydrogens is 429 g/mol. The zero-order chi connectivity index (χ0) is 23.1. The Hall–Kier alpha value is -3.62. The maximum atomic E-state index is 15.5. The van der Waals surface area contributed by atoms with Gasteiger partial charge in [0, 0.05) is 31.0 Å². The number of carbonyl (C=O) groups is 1. The van der Waals surface area contributed by atoms with Crippen LogP contribution in [0.2, 0.25) is 0 Å². The van der Waals surface area contributed by atoms with E-state index in [-0.39, 0.29) is 34.5 Å². The summed E-state index contributed by atoms with van der Waals surface area (Å²) in [5, 5.41) is 9.51.